The highest BCUT2D eigenvalue weighted by Crippen LogP contribution is 2.64. The molecule has 2 atom stereocenters. The van der Waals surface area contributed by atoms with Gasteiger partial charge in [0.15, 0.2) is 5.34 Å². The molecule has 5 heteroatoms. The molecular formula is C17H18BrO3P. The van der Waals surface area contributed by atoms with E-state index in [0.717, 1.165) is 5.56 Å². The Bertz CT molecular complexity index is 673. The maximum Gasteiger partial charge on any atom is 0.260 e. The smallest absolute Gasteiger partial charge is 0.260 e. The highest BCUT2D eigenvalue weighted by Gasteiger charge is 2.46. The van der Waals surface area contributed by atoms with Gasteiger partial charge in [0.1, 0.15) is 0 Å². The minimum atomic E-state index is -3.48. The van der Waals surface area contributed by atoms with Crippen molar-refractivity contribution in [2.24, 2.45) is 0 Å². The number of benzene rings is 2. The van der Waals surface area contributed by atoms with Gasteiger partial charge >= 0.3 is 0 Å². The van der Waals surface area contributed by atoms with Crippen LogP contribution >= 0.6 is 23.3 Å². The van der Waals surface area contributed by atoms with Gasteiger partial charge in [-0.2, -0.15) is 0 Å². The van der Waals surface area contributed by atoms with Crippen LogP contribution in [-0.4, -0.2) is 17.5 Å². The Morgan fingerprint density at radius 3 is 2.18 bits per heavy atom. The lowest BCUT2D eigenvalue weighted by Crippen LogP contribution is -2.27. The molecule has 0 aromatic heterocycles. The molecule has 0 bridgehead atoms. The molecule has 0 spiro atoms. The zero-order valence-corrected chi connectivity index (χ0v) is 14.7. The Labute approximate surface area is 139 Å². The van der Waals surface area contributed by atoms with Crippen LogP contribution in [0.4, 0.5) is 0 Å². The molecule has 0 amide bonds. The fourth-order valence-corrected chi connectivity index (χ4v) is 5.22. The normalized spacial score (nSPS) is 17.0. The Kier molecular flexibility index (Phi) is 5.76. The first-order chi connectivity index (χ1) is 10.6. The summed E-state index contributed by atoms with van der Waals surface area (Å²) in [5, 5.41) is 9.49. The van der Waals surface area contributed by atoms with Gasteiger partial charge in [-0.15, -0.1) is 0 Å². The van der Waals surface area contributed by atoms with Crippen molar-refractivity contribution in [3.63, 3.8) is 0 Å². The maximum absolute atomic E-state index is 13.2. The van der Waals surface area contributed by atoms with Crippen molar-refractivity contribution >= 4 is 29.4 Å². The van der Waals surface area contributed by atoms with Gasteiger partial charge in [0.05, 0.1) is 0 Å². The van der Waals surface area contributed by atoms with Crippen molar-refractivity contribution in [2.45, 2.75) is 5.34 Å². The Hall–Kier alpha value is -1.19. The zero-order chi connectivity index (χ0) is 16.1. The van der Waals surface area contributed by atoms with Crippen LogP contribution in [0.25, 0.3) is 6.08 Å². The Morgan fingerprint density at radius 1 is 1.14 bits per heavy atom. The summed E-state index contributed by atoms with van der Waals surface area (Å²) in [7, 11) is -2.13. The summed E-state index contributed by atoms with van der Waals surface area (Å²) in [6.45, 7) is 0. The van der Waals surface area contributed by atoms with E-state index in [1.165, 1.54) is 12.9 Å². The van der Waals surface area contributed by atoms with Crippen molar-refractivity contribution < 1.29 is 14.2 Å². The average Bonchev–Trinajstić information content (AvgIpc) is 2.60. The SMILES string of the molecule is COP(=O)(C=Cc1ccccc1)C(O)(CBr)c1ccccc1. The van der Waals surface area contributed by atoms with Gasteiger partial charge in [0.25, 0.3) is 7.37 Å². The van der Waals surface area contributed by atoms with Gasteiger partial charge in [-0.3, -0.25) is 4.57 Å². The fourth-order valence-electron chi connectivity index (χ4n) is 2.13. The fraction of sp³-hybridized carbons (Fsp3) is 0.176. The van der Waals surface area contributed by atoms with Crippen LogP contribution in [0.15, 0.2) is 66.5 Å². The van der Waals surface area contributed by atoms with Crippen LogP contribution < -0.4 is 0 Å². The summed E-state index contributed by atoms with van der Waals surface area (Å²) in [5.74, 6) is 1.47. The molecule has 2 aromatic carbocycles. The Balaban J connectivity index is 2.43. The molecule has 0 aliphatic rings. The maximum atomic E-state index is 13.2. The summed E-state index contributed by atoms with van der Waals surface area (Å²) < 4.78 is 18.5. The topological polar surface area (TPSA) is 46.5 Å². The largest absolute Gasteiger partial charge is 0.374 e. The zero-order valence-electron chi connectivity index (χ0n) is 12.2. The molecule has 2 unspecified atom stereocenters. The summed E-state index contributed by atoms with van der Waals surface area (Å²) in [4.78, 5) is 0. The van der Waals surface area contributed by atoms with E-state index in [1.54, 1.807) is 30.3 Å². The number of aliphatic hydroxyl groups is 1. The van der Waals surface area contributed by atoms with E-state index >= 15 is 0 Å². The third-order valence-corrected chi connectivity index (χ3v) is 7.25. The number of hydrogen-bond acceptors (Lipinski definition) is 3. The quantitative estimate of drug-likeness (QED) is 0.577. The minimum absolute atomic E-state index is 0.105. The first kappa shape index (κ1) is 17.2. The van der Waals surface area contributed by atoms with Crippen LogP contribution in [0.1, 0.15) is 11.1 Å². The summed E-state index contributed by atoms with van der Waals surface area (Å²) in [6, 6.07) is 18.4. The third kappa shape index (κ3) is 3.41. The van der Waals surface area contributed by atoms with Gasteiger partial charge < -0.3 is 9.63 Å². The van der Waals surface area contributed by atoms with Crippen molar-refractivity contribution in [1.29, 1.82) is 0 Å². The highest BCUT2D eigenvalue weighted by molar-refractivity contribution is 9.09. The molecule has 0 fully saturated rings. The van der Waals surface area contributed by atoms with Crippen molar-refractivity contribution in [2.75, 3.05) is 12.4 Å². The van der Waals surface area contributed by atoms with Crippen LogP contribution in [0.5, 0.6) is 0 Å². The molecule has 2 aromatic rings. The lowest BCUT2D eigenvalue weighted by Gasteiger charge is -2.32. The van der Waals surface area contributed by atoms with Crippen molar-refractivity contribution in [1.82, 2.24) is 0 Å². The first-order valence-corrected chi connectivity index (χ1v) is 9.61. The van der Waals surface area contributed by atoms with E-state index < -0.39 is 12.7 Å². The van der Waals surface area contributed by atoms with Crippen LogP contribution in [0.2, 0.25) is 0 Å². The molecule has 0 aliphatic heterocycles. The molecule has 2 rings (SSSR count). The second-order valence-electron chi connectivity index (χ2n) is 4.82. The van der Waals surface area contributed by atoms with Crippen LogP contribution in [-0.2, 0) is 14.4 Å². The second kappa shape index (κ2) is 7.38. The van der Waals surface area contributed by atoms with Gasteiger partial charge in [-0.1, -0.05) is 76.6 Å². The van der Waals surface area contributed by atoms with Crippen molar-refractivity contribution in [3.05, 3.63) is 77.6 Å². The van der Waals surface area contributed by atoms with Gasteiger partial charge in [0.2, 0.25) is 0 Å². The lowest BCUT2D eigenvalue weighted by atomic mass is 10.1. The minimum Gasteiger partial charge on any atom is -0.374 e. The van der Waals surface area contributed by atoms with E-state index in [9.17, 15) is 9.67 Å². The third-order valence-electron chi connectivity index (χ3n) is 3.47. The standard InChI is InChI=1S/C17H18BrO3P/c1-21-22(20,13-12-15-8-4-2-5-9-15)17(19,14-18)16-10-6-3-7-11-16/h2-13,19H,14H2,1H3. The van der Waals surface area contributed by atoms with Gasteiger partial charge in [-0.25, -0.2) is 0 Å². The molecule has 3 nitrogen and oxygen atoms in total. The molecule has 116 valence electrons. The van der Waals surface area contributed by atoms with Gasteiger partial charge in [-0.05, 0) is 17.2 Å². The van der Waals surface area contributed by atoms with Crippen LogP contribution in [0, 0.1) is 0 Å². The van der Waals surface area contributed by atoms with E-state index in [2.05, 4.69) is 15.9 Å². The molecule has 1 N–H and O–H groups in total. The molecule has 22 heavy (non-hydrogen) atoms. The number of rotatable bonds is 6. The first-order valence-electron chi connectivity index (χ1n) is 6.79. The van der Waals surface area contributed by atoms with E-state index in [4.69, 9.17) is 4.52 Å². The van der Waals surface area contributed by atoms with E-state index in [1.807, 2.05) is 36.4 Å². The van der Waals surface area contributed by atoms with Crippen LogP contribution in [0.3, 0.4) is 0 Å². The summed E-state index contributed by atoms with van der Waals surface area (Å²) >= 11 is 3.28. The predicted octanol–water partition coefficient (Wildman–Crippen LogP) is 4.82. The molecule has 0 saturated heterocycles. The molecule has 0 saturated carbocycles. The number of halogens is 1. The molecular weight excluding hydrogens is 363 g/mol. The molecule has 0 radical (unpaired) electrons. The molecule has 0 heterocycles. The summed E-state index contributed by atoms with van der Waals surface area (Å²) in [6.07, 6.45) is 1.71. The Morgan fingerprint density at radius 2 is 1.68 bits per heavy atom. The average molecular weight is 381 g/mol. The molecule has 0 aliphatic carbocycles. The number of alkyl halides is 1. The second-order valence-corrected chi connectivity index (χ2v) is 7.98. The van der Waals surface area contributed by atoms with E-state index in [-0.39, 0.29) is 5.33 Å². The summed E-state index contributed by atoms with van der Waals surface area (Å²) in [5.41, 5.74) is 1.44. The monoisotopic (exact) mass is 380 g/mol. The lowest BCUT2D eigenvalue weighted by molar-refractivity contribution is 0.132. The predicted molar refractivity (Wildman–Crippen MR) is 94.2 cm³/mol. The van der Waals surface area contributed by atoms with E-state index in [0.29, 0.717) is 5.56 Å². The number of hydrogen-bond donors (Lipinski definition) is 1. The van der Waals surface area contributed by atoms with Gasteiger partial charge in [0, 0.05) is 18.3 Å². The highest BCUT2D eigenvalue weighted by atomic mass is 79.9. The van der Waals surface area contributed by atoms with Crippen molar-refractivity contribution in [3.8, 4) is 0 Å².